The average Bonchev–Trinajstić information content (AvgIpc) is 2.52. The lowest BCUT2D eigenvalue weighted by atomic mass is 10.1. The van der Waals surface area contributed by atoms with E-state index in [9.17, 15) is 14.7 Å². The molecule has 4 nitrogen and oxygen atoms in total. The number of phenolic OH excluding ortho intramolecular Hbond substituents is 1. The minimum absolute atomic E-state index is 0.0112. The van der Waals surface area contributed by atoms with Crippen LogP contribution in [0.25, 0.3) is 17.0 Å². The number of phenols is 1. The highest BCUT2D eigenvalue weighted by atomic mass is 16.4. The Labute approximate surface area is 125 Å². The van der Waals surface area contributed by atoms with Gasteiger partial charge in [0.25, 0.3) is 0 Å². The first kappa shape index (κ1) is 13.8. The molecule has 0 amide bonds. The normalized spacial score (nSPS) is 11.1. The van der Waals surface area contributed by atoms with E-state index in [2.05, 4.69) is 0 Å². The van der Waals surface area contributed by atoms with Crippen LogP contribution in [0.5, 0.6) is 5.75 Å². The van der Waals surface area contributed by atoms with Crippen molar-refractivity contribution < 1.29 is 14.3 Å². The van der Waals surface area contributed by atoms with Gasteiger partial charge in [-0.3, -0.25) is 4.79 Å². The van der Waals surface area contributed by atoms with Crippen molar-refractivity contribution in [2.24, 2.45) is 0 Å². The Morgan fingerprint density at radius 1 is 1.05 bits per heavy atom. The molecule has 1 N–H and O–H groups in total. The van der Waals surface area contributed by atoms with Crippen molar-refractivity contribution >= 4 is 22.8 Å². The molecule has 0 aliphatic rings. The Morgan fingerprint density at radius 2 is 1.82 bits per heavy atom. The highest BCUT2D eigenvalue weighted by Crippen LogP contribution is 2.22. The highest BCUT2D eigenvalue weighted by molar-refractivity contribution is 6.07. The summed E-state index contributed by atoms with van der Waals surface area (Å²) in [4.78, 5) is 23.6. The third-order valence-corrected chi connectivity index (χ3v) is 3.23. The summed E-state index contributed by atoms with van der Waals surface area (Å²) < 4.78 is 5.04. The van der Waals surface area contributed by atoms with Crippen LogP contribution in [0.3, 0.4) is 0 Å². The van der Waals surface area contributed by atoms with Crippen molar-refractivity contribution in [3.63, 3.8) is 0 Å². The van der Waals surface area contributed by atoms with Crippen molar-refractivity contribution in [1.29, 1.82) is 0 Å². The van der Waals surface area contributed by atoms with Crippen LogP contribution >= 0.6 is 0 Å². The van der Waals surface area contributed by atoms with Crippen molar-refractivity contribution in [3.05, 3.63) is 82.2 Å². The van der Waals surface area contributed by atoms with Gasteiger partial charge in [-0.15, -0.1) is 0 Å². The number of hydrogen-bond donors (Lipinski definition) is 1. The van der Waals surface area contributed by atoms with Crippen LogP contribution in [0.4, 0.5) is 0 Å². The molecule has 3 aromatic rings. The predicted molar refractivity (Wildman–Crippen MR) is 84.0 cm³/mol. The van der Waals surface area contributed by atoms with Gasteiger partial charge in [0.1, 0.15) is 11.3 Å². The molecule has 0 saturated carbocycles. The molecule has 4 heteroatoms. The fourth-order valence-corrected chi connectivity index (χ4v) is 2.18. The van der Waals surface area contributed by atoms with E-state index in [1.165, 1.54) is 24.3 Å². The molecule has 0 aliphatic heterocycles. The van der Waals surface area contributed by atoms with Gasteiger partial charge < -0.3 is 9.52 Å². The molecule has 108 valence electrons. The molecule has 3 rings (SSSR count). The van der Waals surface area contributed by atoms with Gasteiger partial charge in [-0.1, -0.05) is 36.4 Å². The van der Waals surface area contributed by atoms with Crippen molar-refractivity contribution in [1.82, 2.24) is 0 Å². The van der Waals surface area contributed by atoms with Crippen LogP contribution in [-0.4, -0.2) is 10.9 Å². The van der Waals surface area contributed by atoms with E-state index >= 15 is 0 Å². The molecule has 2 aromatic carbocycles. The first-order valence-electron chi connectivity index (χ1n) is 6.68. The Bertz CT molecular complexity index is 921. The number of benzene rings is 2. The number of ketones is 1. The molecule has 0 bridgehead atoms. The zero-order valence-corrected chi connectivity index (χ0v) is 11.5. The topological polar surface area (TPSA) is 67.5 Å². The van der Waals surface area contributed by atoms with Gasteiger partial charge in [0.15, 0.2) is 5.78 Å². The second-order valence-corrected chi connectivity index (χ2v) is 4.76. The predicted octanol–water partition coefficient (Wildman–Crippen LogP) is 3.39. The Kier molecular flexibility index (Phi) is 3.58. The lowest BCUT2D eigenvalue weighted by Gasteiger charge is -2.01. The minimum atomic E-state index is -0.537. The van der Waals surface area contributed by atoms with Gasteiger partial charge in [-0.2, -0.15) is 0 Å². The number of allylic oxidation sites excluding steroid dienone is 1. The molecule has 0 atom stereocenters. The standard InChI is InChI=1S/C18H12O4/c19-14-7-8-15-13(10-18(21)22-17(15)11-14)6-9-16(20)12-4-2-1-3-5-12/h1-11,19H/b9-6+. The van der Waals surface area contributed by atoms with Crippen molar-refractivity contribution in [2.45, 2.75) is 0 Å². The number of aromatic hydroxyl groups is 1. The van der Waals surface area contributed by atoms with Crippen molar-refractivity contribution in [3.8, 4) is 5.75 Å². The number of carbonyl (C=O) groups excluding carboxylic acids is 1. The zero-order valence-electron chi connectivity index (χ0n) is 11.5. The summed E-state index contributed by atoms with van der Waals surface area (Å²) >= 11 is 0. The number of hydrogen-bond acceptors (Lipinski definition) is 4. The third kappa shape index (κ3) is 2.81. The van der Waals surface area contributed by atoms with E-state index in [4.69, 9.17) is 4.42 Å². The summed E-state index contributed by atoms with van der Waals surface area (Å²) in [5.74, 6) is -0.141. The highest BCUT2D eigenvalue weighted by Gasteiger charge is 2.05. The second kappa shape index (κ2) is 5.69. The maximum absolute atomic E-state index is 12.1. The molecule has 0 spiro atoms. The van der Waals surface area contributed by atoms with Crippen molar-refractivity contribution in [2.75, 3.05) is 0 Å². The van der Waals surface area contributed by atoms with Crippen LogP contribution in [0.2, 0.25) is 0 Å². The van der Waals surface area contributed by atoms with Crippen LogP contribution in [0.15, 0.2) is 69.9 Å². The Hall–Kier alpha value is -3.14. The maximum atomic E-state index is 12.1. The molecule has 1 aromatic heterocycles. The molecule has 0 radical (unpaired) electrons. The number of carbonyl (C=O) groups is 1. The molecule has 22 heavy (non-hydrogen) atoms. The van der Waals surface area contributed by atoms with Crippen LogP contribution in [0, 0.1) is 0 Å². The summed E-state index contributed by atoms with van der Waals surface area (Å²) in [6.45, 7) is 0. The van der Waals surface area contributed by atoms with Crippen LogP contribution < -0.4 is 5.63 Å². The van der Waals surface area contributed by atoms with E-state index in [0.29, 0.717) is 16.5 Å². The maximum Gasteiger partial charge on any atom is 0.336 e. The summed E-state index contributed by atoms with van der Waals surface area (Å²) in [5.41, 5.74) is 0.878. The van der Waals surface area contributed by atoms with Gasteiger partial charge >= 0.3 is 5.63 Å². The fourth-order valence-electron chi connectivity index (χ4n) is 2.18. The third-order valence-electron chi connectivity index (χ3n) is 3.23. The smallest absolute Gasteiger partial charge is 0.336 e. The van der Waals surface area contributed by atoms with E-state index < -0.39 is 5.63 Å². The largest absolute Gasteiger partial charge is 0.508 e. The zero-order chi connectivity index (χ0) is 15.5. The summed E-state index contributed by atoms with van der Waals surface area (Å²) in [6, 6.07) is 14.7. The van der Waals surface area contributed by atoms with E-state index in [0.717, 1.165) is 0 Å². The van der Waals surface area contributed by atoms with Gasteiger partial charge in [0.05, 0.1) is 0 Å². The lowest BCUT2D eigenvalue weighted by molar-refractivity contribution is 0.104. The summed E-state index contributed by atoms with van der Waals surface area (Å²) in [6.07, 6.45) is 2.99. The molecular formula is C18H12O4. The molecule has 0 aliphatic carbocycles. The van der Waals surface area contributed by atoms with E-state index in [1.807, 2.05) is 6.07 Å². The quantitative estimate of drug-likeness (QED) is 0.456. The molecule has 1 heterocycles. The lowest BCUT2D eigenvalue weighted by Crippen LogP contribution is -1.98. The van der Waals surface area contributed by atoms with Crippen LogP contribution in [0.1, 0.15) is 15.9 Å². The molecule has 0 unspecified atom stereocenters. The van der Waals surface area contributed by atoms with Gasteiger partial charge in [-0.05, 0) is 23.8 Å². The van der Waals surface area contributed by atoms with E-state index in [1.54, 1.807) is 36.4 Å². The average molecular weight is 292 g/mol. The van der Waals surface area contributed by atoms with Gasteiger partial charge in [0, 0.05) is 23.1 Å². The van der Waals surface area contributed by atoms with E-state index in [-0.39, 0.29) is 17.1 Å². The first-order valence-corrected chi connectivity index (χ1v) is 6.68. The first-order chi connectivity index (χ1) is 10.6. The SMILES string of the molecule is O=C(/C=C/c1cc(=O)oc2cc(O)ccc12)c1ccccc1. The Morgan fingerprint density at radius 3 is 2.59 bits per heavy atom. The second-order valence-electron chi connectivity index (χ2n) is 4.76. The Balaban J connectivity index is 2.02. The van der Waals surface area contributed by atoms with Gasteiger partial charge in [0.2, 0.25) is 0 Å². The minimum Gasteiger partial charge on any atom is -0.508 e. The molecular weight excluding hydrogens is 280 g/mol. The summed E-state index contributed by atoms with van der Waals surface area (Å²) in [5, 5.41) is 10.1. The van der Waals surface area contributed by atoms with Gasteiger partial charge in [-0.25, -0.2) is 4.79 Å². The fraction of sp³-hybridized carbons (Fsp3) is 0. The monoisotopic (exact) mass is 292 g/mol. The van der Waals surface area contributed by atoms with Crippen LogP contribution in [-0.2, 0) is 0 Å². The number of rotatable bonds is 3. The summed E-state index contributed by atoms with van der Waals surface area (Å²) in [7, 11) is 0. The number of fused-ring (bicyclic) bond motifs is 1. The molecule has 0 fully saturated rings. The molecule has 0 saturated heterocycles.